The zero-order valence-corrected chi connectivity index (χ0v) is 33.3. The summed E-state index contributed by atoms with van der Waals surface area (Å²) in [6.45, 7) is 17.0. The Balaban J connectivity index is 0.000000156. The van der Waals surface area contributed by atoms with Crippen LogP contribution in [0.15, 0.2) is 176 Å². The summed E-state index contributed by atoms with van der Waals surface area (Å²) in [7, 11) is 0. The molecule has 276 valence electrons. The van der Waals surface area contributed by atoms with Crippen molar-refractivity contribution in [2.75, 3.05) is 0 Å². The van der Waals surface area contributed by atoms with E-state index in [1.54, 1.807) is 6.07 Å². The van der Waals surface area contributed by atoms with Crippen LogP contribution in [0.1, 0.15) is 78.4 Å². The first-order chi connectivity index (χ1) is 26.4. The van der Waals surface area contributed by atoms with Crippen LogP contribution in [0.3, 0.4) is 0 Å². The van der Waals surface area contributed by atoms with Crippen molar-refractivity contribution in [1.82, 2.24) is 4.98 Å². The Bertz CT molecular complexity index is 2370. The number of phenolic OH excluding ortho intramolecular Hbond substituents is 1. The van der Waals surface area contributed by atoms with Crippen LogP contribution >= 0.6 is 0 Å². The molecule has 0 saturated heterocycles. The smallest absolute Gasteiger partial charge is 0.123 e. The molecule has 1 aromatic heterocycles. The van der Waals surface area contributed by atoms with E-state index in [1.807, 2.05) is 70.3 Å². The molecule has 0 fully saturated rings. The van der Waals surface area contributed by atoms with Gasteiger partial charge in [0.1, 0.15) is 5.75 Å². The number of hydrogen-bond acceptors (Lipinski definition) is 1. The summed E-state index contributed by atoms with van der Waals surface area (Å²) in [6.07, 6.45) is 1.98. The fraction of sp³-hybridized carbons (Fsp3) is 0.192. The van der Waals surface area contributed by atoms with Crippen LogP contribution in [0.5, 0.6) is 5.75 Å². The zero-order valence-electron chi connectivity index (χ0n) is 33.3. The highest BCUT2D eigenvalue weighted by Crippen LogP contribution is 2.27. The Morgan fingerprint density at radius 3 is 1.17 bits per heavy atom. The lowest BCUT2D eigenvalue weighted by Crippen LogP contribution is -1.88. The van der Waals surface area contributed by atoms with Gasteiger partial charge >= 0.3 is 0 Å². The summed E-state index contributed by atoms with van der Waals surface area (Å²) in [5.74, 6) is 1.56. The number of H-pyrrole nitrogens is 1. The molecule has 0 unspecified atom stereocenters. The van der Waals surface area contributed by atoms with Gasteiger partial charge in [-0.2, -0.15) is 0 Å². The Morgan fingerprint density at radius 2 is 0.704 bits per heavy atom. The molecule has 9 aromatic rings. The number of fused-ring (bicyclic) bond motifs is 6. The van der Waals surface area contributed by atoms with Crippen LogP contribution < -0.4 is 0 Å². The maximum atomic E-state index is 9.37. The summed E-state index contributed by atoms with van der Waals surface area (Å²) < 4.78 is 0. The molecule has 9 rings (SSSR count). The van der Waals surface area contributed by atoms with E-state index in [4.69, 9.17) is 0 Å². The average Bonchev–Trinajstić information content (AvgIpc) is 3.73. The van der Waals surface area contributed by atoms with Gasteiger partial charge in [-0.3, -0.25) is 0 Å². The van der Waals surface area contributed by atoms with Gasteiger partial charge in [0, 0.05) is 22.4 Å². The van der Waals surface area contributed by atoms with Gasteiger partial charge in [0.05, 0.1) is 5.52 Å². The number of rotatable bonds is 2. The van der Waals surface area contributed by atoms with E-state index in [9.17, 15) is 5.11 Å². The van der Waals surface area contributed by atoms with Gasteiger partial charge < -0.3 is 10.1 Å². The second-order valence-electron chi connectivity index (χ2n) is 13.2. The molecule has 2 heteroatoms. The summed E-state index contributed by atoms with van der Waals surface area (Å²) in [5.41, 5.74) is 4.12. The first-order valence-electron chi connectivity index (χ1n) is 19.5. The molecule has 0 bridgehead atoms. The van der Waals surface area contributed by atoms with Crippen molar-refractivity contribution in [1.29, 1.82) is 0 Å². The van der Waals surface area contributed by atoms with E-state index >= 15 is 0 Å². The van der Waals surface area contributed by atoms with Gasteiger partial charge in [-0.15, -0.1) is 0 Å². The number of aromatic amines is 1. The van der Waals surface area contributed by atoms with Crippen LogP contribution in [0.4, 0.5) is 0 Å². The molecule has 2 N–H and O–H groups in total. The van der Waals surface area contributed by atoms with Crippen molar-refractivity contribution < 1.29 is 5.11 Å². The number of benzene rings is 8. The molecule has 0 saturated carbocycles. The maximum absolute atomic E-state index is 9.37. The third kappa shape index (κ3) is 10.4. The number of hydrogen-bond donors (Lipinski definition) is 2. The summed E-state index contributed by atoms with van der Waals surface area (Å²) in [6, 6.07) is 58.3. The number of phenols is 1. The van der Waals surface area contributed by atoms with Gasteiger partial charge in [-0.25, -0.2) is 0 Å². The van der Waals surface area contributed by atoms with Crippen LogP contribution in [-0.4, -0.2) is 10.1 Å². The molecule has 0 aliphatic heterocycles. The van der Waals surface area contributed by atoms with Crippen LogP contribution in [0.25, 0.3) is 54.0 Å². The molecule has 0 aliphatic carbocycles. The first kappa shape index (κ1) is 40.9. The van der Waals surface area contributed by atoms with E-state index in [0.717, 1.165) is 10.8 Å². The van der Waals surface area contributed by atoms with Gasteiger partial charge in [0.15, 0.2) is 0 Å². The molecule has 2 nitrogen and oxygen atoms in total. The zero-order chi connectivity index (χ0) is 38.9. The second-order valence-corrected chi connectivity index (χ2v) is 13.2. The normalized spacial score (nSPS) is 10.3. The molecule has 0 spiro atoms. The van der Waals surface area contributed by atoms with Crippen molar-refractivity contribution >= 4 is 54.0 Å². The summed E-state index contributed by atoms with van der Waals surface area (Å²) in [5, 5.41) is 20.7. The van der Waals surface area contributed by atoms with Crippen molar-refractivity contribution in [3.63, 3.8) is 0 Å². The molecule has 0 aliphatic rings. The number of nitrogens with one attached hydrogen (secondary N) is 1. The van der Waals surface area contributed by atoms with Crippen LogP contribution in [0, 0.1) is 0 Å². The third-order valence-corrected chi connectivity index (χ3v) is 9.11. The molecular formula is C52H57NO. The van der Waals surface area contributed by atoms with Crippen molar-refractivity contribution in [2.45, 2.75) is 67.2 Å². The maximum Gasteiger partial charge on any atom is 0.123 e. The fourth-order valence-corrected chi connectivity index (χ4v) is 6.52. The van der Waals surface area contributed by atoms with Gasteiger partial charge in [0.2, 0.25) is 0 Å². The van der Waals surface area contributed by atoms with Crippen LogP contribution in [-0.2, 0) is 0 Å². The molecule has 54 heavy (non-hydrogen) atoms. The number of aromatic nitrogens is 1. The molecule has 0 atom stereocenters. The quantitative estimate of drug-likeness (QED) is 0.184. The lowest BCUT2D eigenvalue weighted by molar-refractivity contribution is 0.481. The van der Waals surface area contributed by atoms with Gasteiger partial charge in [0.25, 0.3) is 0 Å². The van der Waals surface area contributed by atoms with E-state index in [-0.39, 0.29) is 0 Å². The van der Waals surface area contributed by atoms with Gasteiger partial charge in [-0.1, -0.05) is 213 Å². The standard InChI is InChI=1S/2C13H14.C12H9N.C10H8O.2C2H6/c2*1-10(2)12-9-5-7-11-6-3-4-8-13(11)12;1-2-4-11-9(3-1)5-6-10-7-8-13-12(10)11;11-10-7-3-5-8-4-1-2-6-9(8)10;2*1-2/h2*3-10H,1-2H3;1-8,13H;1-7,11H;2*1-2H3. The van der Waals surface area contributed by atoms with Crippen molar-refractivity contribution in [3.8, 4) is 5.75 Å². The largest absolute Gasteiger partial charge is 0.507 e. The monoisotopic (exact) mass is 711 g/mol. The third-order valence-electron chi connectivity index (χ3n) is 9.11. The summed E-state index contributed by atoms with van der Waals surface area (Å²) >= 11 is 0. The SMILES string of the molecule is CC.CC.CC(C)c1cccc2ccccc12.CC(C)c1cccc2ccccc12.Oc1cccc2ccccc12.c1ccc2c(c1)ccc1cc[nH]c12. The van der Waals surface area contributed by atoms with E-state index in [2.05, 4.69) is 160 Å². The van der Waals surface area contributed by atoms with E-state index in [0.29, 0.717) is 17.6 Å². The second kappa shape index (κ2) is 21.0. The molecular weight excluding hydrogens is 655 g/mol. The summed E-state index contributed by atoms with van der Waals surface area (Å²) in [4.78, 5) is 3.26. The van der Waals surface area contributed by atoms with E-state index in [1.165, 1.54) is 54.3 Å². The highest BCUT2D eigenvalue weighted by atomic mass is 16.3. The topological polar surface area (TPSA) is 36.0 Å². The van der Waals surface area contributed by atoms with Crippen LogP contribution in [0.2, 0.25) is 0 Å². The first-order valence-corrected chi connectivity index (χ1v) is 19.5. The minimum absolute atomic E-state index is 0.350. The highest BCUT2D eigenvalue weighted by molar-refractivity contribution is 6.05. The lowest BCUT2D eigenvalue weighted by atomic mass is 9.96. The average molecular weight is 712 g/mol. The molecule has 0 amide bonds. The Labute approximate surface area is 323 Å². The predicted molar refractivity (Wildman–Crippen MR) is 240 cm³/mol. The Morgan fingerprint density at radius 1 is 0.352 bits per heavy atom. The molecule has 8 aromatic carbocycles. The fourth-order valence-electron chi connectivity index (χ4n) is 6.52. The van der Waals surface area contributed by atoms with Crippen molar-refractivity contribution in [2.24, 2.45) is 0 Å². The minimum Gasteiger partial charge on any atom is -0.507 e. The molecule has 1 heterocycles. The minimum atomic E-state index is 0.350. The predicted octanol–water partition coefficient (Wildman–Crippen LogP) is 15.8. The highest BCUT2D eigenvalue weighted by Gasteiger charge is 2.04. The lowest BCUT2D eigenvalue weighted by Gasteiger charge is -2.08. The molecule has 0 radical (unpaired) electrons. The van der Waals surface area contributed by atoms with Gasteiger partial charge in [-0.05, 0) is 67.4 Å². The number of aromatic hydroxyl groups is 1. The van der Waals surface area contributed by atoms with Crippen molar-refractivity contribution in [3.05, 3.63) is 187 Å². The Kier molecular flexibility index (Phi) is 15.9. The Hall–Kier alpha value is -5.86. The van der Waals surface area contributed by atoms with E-state index < -0.39 is 0 Å².